The molecule has 0 spiro atoms. The molecule has 2 heterocycles. The second-order valence-corrected chi connectivity index (χ2v) is 8.17. The minimum atomic E-state index is -0.482. The smallest absolute Gasteiger partial charge is 0.359 e. The number of carbonyl (C=O) groups excluding carboxylic acids is 2. The second-order valence-electron chi connectivity index (χ2n) is 7.73. The molecule has 0 saturated heterocycles. The Morgan fingerprint density at radius 3 is 2.54 bits per heavy atom. The van der Waals surface area contributed by atoms with Gasteiger partial charge >= 0.3 is 12.0 Å². The third-order valence-electron chi connectivity index (χ3n) is 4.37. The summed E-state index contributed by atoms with van der Waals surface area (Å²) in [4.78, 5) is 26.8. The van der Waals surface area contributed by atoms with Crippen LogP contribution in [0.1, 0.15) is 49.4 Å². The third kappa shape index (κ3) is 4.30. The van der Waals surface area contributed by atoms with E-state index in [1.807, 2.05) is 32.9 Å². The Bertz CT molecular complexity index is 884. The number of aromatic nitrogens is 2. The number of ether oxygens (including phenoxy) is 1. The lowest BCUT2D eigenvalue weighted by atomic mass is 10.0. The molecule has 0 bridgehead atoms. The van der Waals surface area contributed by atoms with Gasteiger partial charge in [0.25, 0.3) is 0 Å². The fraction of sp³-hybridized carbons (Fsp3) is 0.450. The highest BCUT2D eigenvalue weighted by Crippen LogP contribution is 2.27. The van der Waals surface area contributed by atoms with Crippen LogP contribution in [0.3, 0.4) is 0 Å². The molecular weight excluding hydrogens is 380 g/mol. The van der Waals surface area contributed by atoms with Crippen molar-refractivity contribution in [3.8, 4) is 5.69 Å². The lowest BCUT2D eigenvalue weighted by Crippen LogP contribution is -2.49. The molecule has 2 aromatic rings. The highest BCUT2D eigenvalue weighted by atomic mass is 35.5. The number of hydrogen-bond acceptors (Lipinski definition) is 4. The van der Waals surface area contributed by atoms with Crippen molar-refractivity contribution in [2.45, 2.75) is 46.2 Å². The fourth-order valence-electron chi connectivity index (χ4n) is 3.15. The molecule has 0 fully saturated rings. The molecule has 1 aromatic heterocycles. The van der Waals surface area contributed by atoms with E-state index >= 15 is 0 Å². The predicted molar refractivity (Wildman–Crippen MR) is 107 cm³/mol. The van der Waals surface area contributed by atoms with Crippen LogP contribution in [0.25, 0.3) is 5.69 Å². The zero-order chi connectivity index (χ0) is 20.5. The maximum Gasteiger partial charge on any atom is 0.359 e. The van der Waals surface area contributed by atoms with Crippen LogP contribution in [0.5, 0.6) is 0 Å². The van der Waals surface area contributed by atoms with Crippen LogP contribution in [0.4, 0.5) is 4.79 Å². The number of carbonyl (C=O) groups is 2. The summed E-state index contributed by atoms with van der Waals surface area (Å²) in [5, 5.41) is 8.11. The largest absolute Gasteiger partial charge is 0.461 e. The Balaban J connectivity index is 1.98. The lowest BCUT2D eigenvalue weighted by molar-refractivity contribution is 0.0516. The van der Waals surface area contributed by atoms with E-state index in [9.17, 15) is 9.59 Å². The molecule has 0 unspecified atom stereocenters. The number of nitrogens with zero attached hydrogens (tertiary/aromatic N) is 3. The van der Waals surface area contributed by atoms with Gasteiger partial charge in [-0.25, -0.2) is 14.3 Å². The average Bonchev–Trinajstić information content (AvgIpc) is 3.00. The Kier molecular flexibility index (Phi) is 5.65. The SMILES string of the molecule is CCOC(=O)c1nn(-c2ccc(Cl)cc2)c2c1CN(C(=O)NC(C)(C)C)CC2. The molecule has 0 atom stereocenters. The van der Waals surface area contributed by atoms with Gasteiger partial charge in [-0.3, -0.25) is 0 Å². The van der Waals surface area contributed by atoms with Gasteiger partial charge in [0.15, 0.2) is 5.69 Å². The number of urea groups is 1. The number of hydrogen-bond donors (Lipinski definition) is 1. The Morgan fingerprint density at radius 2 is 1.93 bits per heavy atom. The summed E-state index contributed by atoms with van der Waals surface area (Å²) in [6.45, 7) is 8.66. The van der Waals surface area contributed by atoms with Gasteiger partial charge in [-0.1, -0.05) is 11.6 Å². The van der Waals surface area contributed by atoms with Crippen LogP contribution in [0.2, 0.25) is 5.02 Å². The first-order chi connectivity index (χ1) is 13.2. The standard InChI is InChI=1S/C20H25ClN4O3/c1-5-28-18(26)17-15-12-24(19(27)22-20(2,3)4)11-10-16(15)25(23-17)14-8-6-13(21)7-9-14/h6-9H,5,10-12H2,1-4H3,(H,22,27). The van der Waals surface area contributed by atoms with Crippen molar-refractivity contribution in [1.82, 2.24) is 20.0 Å². The van der Waals surface area contributed by atoms with E-state index in [1.165, 1.54) is 0 Å². The first-order valence-electron chi connectivity index (χ1n) is 9.30. The molecule has 1 aliphatic heterocycles. The molecule has 2 amide bonds. The van der Waals surface area contributed by atoms with E-state index in [1.54, 1.807) is 28.6 Å². The summed E-state index contributed by atoms with van der Waals surface area (Å²) in [6.07, 6.45) is 0.585. The van der Waals surface area contributed by atoms with Crippen LogP contribution >= 0.6 is 11.6 Å². The summed E-state index contributed by atoms with van der Waals surface area (Å²) in [7, 11) is 0. The summed E-state index contributed by atoms with van der Waals surface area (Å²) in [5.41, 5.74) is 2.35. The van der Waals surface area contributed by atoms with E-state index < -0.39 is 5.97 Å². The van der Waals surface area contributed by atoms with Crippen molar-refractivity contribution in [1.29, 1.82) is 0 Å². The van der Waals surface area contributed by atoms with E-state index in [0.717, 1.165) is 16.9 Å². The summed E-state index contributed by atoms with van der Waals surface area (Å²) in [6, 6.07) is 7.10. The van der Waals surface area contributed by atoms with E-state index in [2.05, 4.69) is 10.4 Å². The Morgan fingerprint density at radius 1 is 1.25 bits per heavy atom. The number of nitrogens with one attached hydrogen (secondary N) is 1. The second kappa shape index (κ2) is 7.83. The Hall–Kier alpha value is -2.54. The van der Waals surface area contributed by atoms with Crippen molar-refractivity contribution in [3.05, 3.63) is 46.2 Å². The first kappa shape index (κ1) is 20.2. The van der Waals surface area contributed by atoms with Gasteiger partial charge in [-0.2, -0.15) is 5.10 Å². The average molecular weight is 405 g/mol. The number of benzene rings is 1. The van der Waals surface area contributed by atoms with Crippen LogP contribution in [-0.2, 0) is 17.7 Å². The molecule has 0 radical (unpaired) electrons. The topological polar surface area (TPSA) is 76.5 Å². The van der Waals surface area contributed by atoms with Crippen LogP contribution in [-0.4, -0.2) is 45.4 Å². The summed E-state index contributed by atoms with van der Waals surface area (Å²) < 4.78 is 6.93. The maximum absolute atomic E-state index is 12.6. The number of halogens is 1. The molecular formula is C20H25ClN4O3. The molecule has 1 aliphatic rings. The molecule has 8 heteroatoms. The van der Waals surface area contributed by atoms with Crippen molar-refractivity contribution in [2.24, 2.45) is 0 Å². The van der Waals surface area contributed by atoms with Gasteiger partial charge in [0.05, 0.1) is 24.5 Å². The van der Waals surface area contributed by atoms with Gasteiger partial charge in [0.1, 0.15) is 0 Å². The van der Waals surface area contributed by atoms with Crippen molar-refractivity contribution < 1.29 is 14.3 Å². The van der Waals surface area contributed by atoms with Crippen molar-refractivity contribution >= 4 is 23.6 Å². The highest BCUT2D eigenvalue weighted by Gasteiger charge is 2.32. The molecule has 0 aliphatic carbocycles. The minimum absolute atomic E-state index is 0.160. The number of rotatable bonds is 3. The van der Waals surface area contributed by atoms with Crippen LogP contribution < -0.4 is 5.32 Å². The first-order valence-corrected chi connectivity index (χ1v) is 9.68. The number of esters is 1. The lowest BCUT2D eigenvalue weighted by Gasteiger charge is -2.31. The summed E-state index contributed by atoms with van der Waals surface area (Å²) >= 11 is 5.99. The molecule has 0 saturated carbocycles. The van der Waals surface area contributed by atoms with E-state index in [0.29, 0.717) is 24.5 Å². The van der Waals surface area contributed by atoms with Gasteiger partial charge in [-0.15, -0.1) is 0 Å². The molecule has 1 aromatic carbocycles. The molecule has 1 N–H and O–H groups in total. The molecule has 3 rings (SSSR count). The van der Waals surface area contributed by atoms with Crippen LogP contribution in [0.15, 0.2) is 24.3 Å². The molecule has 7 nitrogen and oxygen atoms in total. The highest BCUT2D eigenvalue weighted by molar-refractivity contribution is 6.30. The van der Waals surface area contributed by atoms with Gasteiger partial charge in [-0.05, 0) is 52.0 Å². The monoisotopic (exact) mass is 404 g/mol. The van der Waals surface area contributed by atoms with E-state index in [-0.39, 0.29) is 23.9 Å². The summed E-state index contributed by atoms with van der Waals surface area (Å²) in [5.74, 6) is -0.482. The zero-order valence-corrected chi connectivity index (χ0v) is 17.3. The van der Waals surface area contributed by atoms with Crippen LogP contribution in [0, 0.1) is 0 Å². The molecule has 28 heavy (non-hydrogen) atoms. The predicted octanol–water partition coefficient (Wildman–Crippen LogP) is 3.57. The molecule has 150 valence electrons. The van der Waals surface area contributed by atoms with E-state index in [4.69, 9.17) is 16.3 Å². The van der Waals surface area contributed by atoms with Crippen molar-refractivity contribution in [2.75, 3.05) is 13.2 Å². The zero-order valence-electron chi connectivity index (χ0n) is 16.6. The van der Waals surface area contributed by atoms with Gasteiger partial charge in [0, 0.05) is 29.1 Å². The Labute approximate surface area is 169 Å². The normalized spacial score (nSPS) is 13.8. The maximum atomic E-state index is 12.6. The number of amides is 2. The minimum Gasteiger partial charge on any atom is -0.461 e. The van der Waals surface area contributed by atoms with Crippen molar-refractivity contribution in [3.63, 3.8) is 0 Å². The number of fused-ring (bicyclic) bond motifs is 1. The third-order valence-corrected chi connectivity index (χ3v) is 4.62. The quantitative estimate of drug-likeness (QED) is 0.793. The van der Waals surface area contributed by atoms with Gasteiger partial charge < -0.3 is 15.0 Å². The van der Waals surface area contributed by atoms with Gasteiger partial charge in [0.2, 0.25) is 0 Å². The fourth-order valence-corrected chi connectivity index (χ4v) is 3.28.